The minimum absolute atomic E-state index is 0. The molecule has 0 aliphatic heterocycles. The Labute approximate surface area is 140 Å². The standard InChI is InChI=1S/C14H21BrN2OS.ClH/c1-13(2,16)9-17-12(18)14(3,4)19-11-7-5-10(15)6-8-11;/h5-8H,9,16H2,1-4H3,(H,17,18);1H. The fourth-order valence-electron chi connectivity index (χ4n) is 1.36. The second kappa shape index (κ2) is 7.69. The van der Waals surface area contributed by atoms with Gasteiger partial charge >= 0.3 is 0 Å². The van der Waals surface area contributed by atoms with Crippen LogP contribution in [0.4, 0.5) is 0 Å². The summed E-state index contributed by atoms with van der Waals surface area (Å²) in [5, 5.41) is 2.90. The number of carbonyl (C=O) groups is 1. The number of hydrogen-bond donors (Lipinski definition) is 2. The average Bonchev–Trinajstić information content (AvgIpc) is 2.27. The number of benzene rings is 1. The molecule has 0 aliphatic carbocycles. The molecule has 0 heterocycles. The summed E-state index contributed by atoms with van der Waals surface area (Å²) in [5.41, 5.74) is 5.47. The van der Waals surface area contributed by atoms with Gasteiger partial charge in [0.05, 0.1) is 4.75 Å². The number of nitrogens with two attached hydrogens (primary N) is 1. The summed E-state index contributed by atoms with van der Waals surface area (Å²) in [6.07, 6.45) is 0. The molecule has 0 bridgehead atoms. The van der Waals surface area contributed by atoms with Gasteiger partial charge in [-0.3, -0.25) is 4.79 Å². The molecule has 6 heteroatoms. The Balaban J connectivity index is 0.00000361. The van der Waals surface area contributed by atoms with Gasteiger partial charge in [0.25, 0.3) is 0 Å². The van der Waals surface area contributed by atoms with Crippen LogP contribution in [0.1, 0.15) is 27.7 Å². The molecule has 1 aromatic carbocycles. The Morgan fingerprint density at radius 2 is 1.75 bits per heavy atom. The summed E-state index contributed by atoms with van der Waals surface area (Å²) in [5.74, 6) is -0.000978. The first kappa shape index (κ1) is 19.8. The third-order valence-corrected chi connectivity index (χ3v) is 4.17. The van der Waals surface area contributed by atoms with E-state index in [0.29, 0.717) is 6.54 Å². The van der Waals surface area contributed by atoms with E-state index in [9.17, 15) is 4.79 Å². The minimum atomic E-state index is -0.529. The van der Waals surface area contributed by atoms with Crippen LogP contribution in [-0.4, -0.2) is 22.7 Å². The van der Waals surface area contributed by atoms with Gasteiger partial charge in [0.1, 0.15) is 0 Å². The lowest BCUT2D eigenvalue weighted by atomic mass is 10.1. The Bertz CT molecular complexity index is 443. The van der Waals surface area contributed by atoms with Gasteiger partial charge in [0.15, 0.2) is 0 Å². The Morgan fingerprint density at radius 1 is 1.25 bits per heavy atom. The topological polar surface area (TPSA) is 55.1 Å². The molecule has 3 nitrogen and oxygen atoms in total. The maximum absolute atomic E-state index is 12.2. The smallest absolute Gasteiger partial charge is 0.236 e. The van der Waals surface area contributed by atoms with Crippen LogP contribution in [0.2, 0.25) is 0 Å². The molecule has 0 fully saturated rings. The highest BCUT2D eigenvalue weighted by Gasteiger charge is 2.29. The van der Waals surface area contributed by atoms with Gasteiger partial charge < -0.3 is 11.1 Å². The SMILES string of the molecule is CC(C)(N)CNC(=O)C(C)(C)Sc1ccc(Br)cc1.Cl. The molecular weight excluding hydrogens is 360 g/mol. The summed E-state index contributed by atoms with van der Waals surface area (Å²) in [6, 6.07) is 7.94. The molecule has 0 saturated heterocycles. The van der Waals surface area contributed by atoms with Crippen LogP contribution in [0.15, 0.2) is 33.6 Å². The molecule has 1 amide bonds. The number of rotatable bonds is 5. The summed E-state index contributed by atoms with van der Waals surface area (Å²) in [4.78, 5) is 13.3. The molecule has 3 N–H and O–H groups in total. The first-order chi connectivity index (χ1) is 8.60. The quantitative estimate of drug-likeness (QED) is 0.766. The van der Waals surface area contributed by atoms with Gasteiger partial charge in [-0.1, -0.05) is 15.9 Å². The van der Waals surface area contributed by atoms with Gasteiger partial charge in [-0.05, 0) is 52.0 Å². The molecule has 1 aromatic rings. The van der Waals surface area contributed by atoms with Crippen LogP contribution in [0, 0.1) is 0 Å². The average molecular weight is 382 g/mol. The molecule has 0 spiro atoms. The summed E-state index contributed by atoms with van der Waals surface area (Å²) in [7, 11) is 0. The summed E-state index contributed by atoms with van der Waals surface area (Å²) >= 11 is 4.94. The van der Waals surface area contributed by atoms with Crippen LogP contribution in [0.25, 0.3) is 0 Å². The van der Waals surface area contributed by atoms with Crippen molar-refractivity contribution in [3.63, 3.8) is 0 Å². The number of nitrogens with one attached hydrogen (secondary N) is 1. The lowest BCUT2D eigenvalue weighted by Crippen LogP contribution is -2.49. The van der Waals surface area contributed by atoms with Crippen molar-refractivity contribution in [1.82, 2.24) is 5.32 Å². The zero-order valence-corrected chi connectivity index (χ0v) is 15.4. The molecule has 0 aromatic heterocycles. The van der Waals surface area contributed by atoms with Crippen molar-refractivity contribution in [3.05, 3.63) is 28.7 Å². The van der Waals surface area contributed by atoms with E-state index in [1.807, 2.05) is 52.0 Å². The molecule has 1 rings (SSSR count). The first-order valence-electron chi connectivity index (χ1n) is 6.12. The van der Waals surface area contributed by atoms with Gasteiger partial charge in [-0.2, -0.15) is 0 Å². The fraction of sp³-hybridized carbons (Fsp3) is 0.500. The first-order valence-corrected chi connectivity index (χ1v) is 7.73. The molecule has 20 heavy (non-hydrogen) atoms. The maximum atomic E-state index is 12.2. The zero-order chi connectivity index (χ0) is 14.7. The van der Waals surface area contributed by atoms with E-state index in [1.165, 1.54) is 11.8 Å². The van der Waals surface area contributed by atoms with Gasteiger partial charge in [-0.25, -0.2) is 0 Å². The summed E-state index contributed by atoms with van der Waals surface area (Å²) < 4.78 is 0.503. The van der Waals surface area contributed by atoms with Crippen molar-refractivity contribution in [3.8, 4) is 0 Å². The van der Waals surface area contributed by atoms with E-state index in [2.05, 4.69) is 21.2 Å². The zero-order valence-electron chi connectivity index (χ0n) is 12.2. The van der Waals surface area contributed by atoms with Crippen LogP contribution in [0.3, 0.4) is 0 Å². The van der Waals surface area contributed by atoms with Gasteiger partial charge in [0, 0.05) is 21.5 Å². The predicted octanol–water partition coefficient (Wildman–Crippen LogP) is 3.60. The second-order valence-electron chi connectivity index (χ2n) is 5.74. The number of carbonyl (C=O) groups excluding carboxylic acids is 1. The van der Waals surface area contributed by atoms with Gasteiger partial charge in [0.2, 0.25) is 5.91 Å². The van der Waals surface area contributed by atoms with Crippen LogP contribution in [-0.2, 0) is 4.79 Å². The maximum Gasteiger partial charge on any atom is 0.236 e. The van der Waals surface area contributed by atoms with Crippen molar-refractivity contribution in [2.45, 2.75) is 42.9 Å². The fourth-order valence-corrected chi connectivity index (χ4v) is 2.66. The van der Waals surface area contributed by atoms with Crippen LogP contribution >= 0.6 is 40.1 Å². The molecule has 0 unspecified atom stereocenters. The van der Waals surface area contributed by atoms with Crippen molar-refractivity contribution in [2.24, 2.45) is 5.73 Å². The Kier molecular flexibility index (Phi) is 7.60. The van der Waals surface area contributed by atoms with E-state index < -0.39 is 10.3 Å². The molecule has 0 saturated carbocycles. The number of thioether (sulfide) groups is 1. The normalized spacial score (nSPS) is 11.7. The van der Waals surface area contributed by atoms with E-state index in [1.54, 1.807) is 0 Å². The van der Waals surface area contributed by atoms with E-state index in [4.69, 9.17) is 5.73 Å². The Morgan fingerprint density at radius 3 is 2.20 bits per heavy atom. The minimum Gasteiger partial charge on any atom is -0.353 e. The highest BCUT2D eigenvalue weighted by atomic mass is 79.9. The van der Waals surface area contributed by atoms with Crippen molar-refractivity contribution in [1.29, 1.82) is 0 Å². The lowest BCUT2D eigenvalue weighted by molar-refractivity contribution is -0.122. The third-order valence-electron chi connectivity index (χ3n) is 2.44. The molecule has 0 radical (unpaired) electrons. The van der Waals surface area contributed by atoms with Crippen molar-refractivity contribution in [2.75, 3.05) is 6.54 Å². The lowest BCUT2D eigenvalue weighted by Gasteiger charge is -2.26. The summed E-state index contributed by atoms with van der Waals surface area (Å²) in [6.45, 7) is 8.08. The monoisotopic (exact) mass is 380 g/mol. The highest BCUT2D eigenvalue weighted by molar-refractivity contribution is 9.10. The highest BCUT2D eigenvalue weighted by Crippen LogP contribution is 2.33. The Hall–Kier alpha value is -0.230. The predicted molar refractivity (Wildman–Crippen MR) is 92.6 cm³/mol. The van der Waals surface area contributed by atoms with Crippen molar-refractivity contribution >= 4 is 46.0 Å². The number of halogens is 2. The number of amides is 1. The van der Waals surface area contributed by atoms with Crippen LogP contribution in [0.5, 0.6) is 0 Å². The van der Waals surface area contributed by atoms with E-state index in [0.717, 1.165) is 9.37 Å². The van der Waals surface area contributed by atoms with Gasteiger partial charge in [-0.15, -0.1) is 24.2 Å². The van der Waals surface area contributed by atoms with Crippen LogP contribution < -0.4 is 11.1 Å². The largest absolute Gasteiger partial charge is 0.353 e. The second-order valence-corrected chi connectivity index (χ2v) is 8.35. The van der Waals surface area contributed by atoms with Crippen molar-refractivity contribution < 1.29 is 4.79 Å². The molecule has 0 atom stereocenters. The molecular formula is C14H22BrClN2OS. The third kappa shape index (κ3) is 6.97. The molecule has 114 valence electrons. The number of hydrogen-bond acceptors (Lipinski definition) is 3. The van der Waals surface area contributed by atoms with E-state index in [-0.39, 0.29) is 18.3 Å². The molecule has 0 aliphatic rings. The van der Waals surface area contributed by atoms with E-state index >= 15 is 0 Å².